The molecule has 3 aromatic rings. The highest BCUT2D eigenvalue weighted by Crippen LogP contribution is 2.29. The van der Waals surface area contributed by atoms with Crippen molar-refractivity contribution >= 4 is 5.97 Å². The average Bonchev–Trinajstić information content (AvgIpc) is 3.20. The molecule has 0 fully saturated rings. The summed E-state index contributed by atoms with van der Waals surface area (Å²) in [6.45, 7) is 2.92. The molecular formula is C23H21N5O4. The van der Waals surface area contributed by atoms with Crippen LogP contribution in [0.5, 0.6) is 5.75 Å². The normalized spacial score (nSPS) is 13.2. The van der Waals surface area contributed by atoms with Crippen LogP contribution >= 0.6 is 0 Å². The van der Waals surface area contributed by atoms with Crippen molar-refractivity contribution in [3.63, 3.8) is 0 Å². The van der Waals surface area contributed by atoms with Gasteiger partial charge in [0.2, 0.25) is 0 Å². The number of cyclic esters (lactones) is 1. The number of aliphatic hydroxyl groups is 1. The number of esters is 1. The Morgan fingerprint density at radius 1 is 1.28 bits per heavy atom. The van der Waals surface area contributed by atoms with Crippen LogP contribution in [0.25, 0.3) is 11.5 Å². The topological polar surface area (TPSA) is 130 Å². The van der Waals surface area contributed by atoms with Crippen molar-refractivity contribution in [1.82, 2.24) is 20.3 Å². The molecule has 1 aromatic carbocycles. The van der Waals surface area contributed by atoms with E-state index in [4.69, 9.17) is 14.7 Å². The molecule has 1 unspecified atom stereocenters. The number of nitriles is 1. The highest BCUT2D eigenvalue weighted by molar-refractivity contribution is 5.93. The predicted molar refractivity (Wildman–Crippen MR) is 113 cm³/mol. The summed E-state index contributed by atoms with van der Waals surface area (Å²) in [5.41, 5.74) is 4.73. The van der Waals surface area contributed by atoms with Gasteiger partial charge in [-0.15, -0.1) is 0 Å². The van der Waals surface area contributed by atoms with Crippen molar-refractivity contribution < 1.29 is 19.4 Å². The molecule has 4 rings (SSSR count). The minimum Gasteiger partial charge on any atom is -0.495 e. The number of hydrogen-bond acceptors (Lipinski definition) is 9. The second-order valence-electron chi connectivity index (χ2n) is 7.33. The maximum absolute atomic E-state index is 11.7. The van der Waals surface area contributed by atoms with E-state index in [1.54, 1.807) is 30.6 Å². The molecule has 0 saturated heterocycles. The molecule has 0 radical (unpaired) electrons. The molecule has 0 aliphatic carbocycles. The summed E-state index contributed by atoms with van der Waals surface area (Å²) >= 11 is 0. The number of ether oxygens (including phenoxy) is 2. The Hall–Kier alpha value is -3.87. The van der Waals surface area contributed by atoms with Crippen molar-refractivity contribution in [2.24, 2.45) is 0 Å². The number of carbonyl (C=O) groups is 1. The third-order valence-electron chi connectivity index (χ3n) is 5.37. The van der Waals surface area contributed by atoms with Crippen molar-refractivity contribution in [2.75, 3.05) is 13.7 Å². The predicted octanol–water partition coefficient (Wildman–Crippen LogP) is 2.22. The molecule has 9 heteroatoms. The van der Waals surface area contributed by atoms with Gasteiger partial charge in [0.25, 0.3) is 0 Å². The highest BCUT2D eigenvalue weighted by Gasteiger charge is 2.25. The molecule has 3 heterocycles. The van der Waals surface area contributed by atoms with Crippen LogP contribution in [0.2, 0.25) is 0 Å². The third-order valence-corrected chi connectivity index (χ3v) is 5.37. The molecular weight excluding hydrogens is 410 g/mol. The van der Waals surface area contributed by atoms with Crippen LogP contribution in [0.4, 0.5) is 0 Å². The average molecular weight is 431 g/mol. The van der Waals surface area contributed by atoms with Crippen LogP contribution in [0, 0.1) is 18.3 Å². The van der Waals surface area contributed by atoms with Gasteiger partial charge in [-0.2, -0.15) is 5.26 Å². The van der Waals surface area contributed by atoms with Crippen LogP contribution in [-0.4, -0.2) is 39.7 Å². The number of aromatic nitrogens is 3. The number of carbonyl (C=O) groups excluding carboxylic acids is 1. The standard InChI is InChI=1S/C23H21N5O4/c1-13-16(3-4-17-18(13)12-32-23(17)30)20(29)11-25-7-14-8-27-22(28-9-14)19-5-21(31-2)15(6-24)10-26-19/h3-5,8-10,20,25,29H,7,11-12H2,1-2H3. The number of aliphatic hydroxyl groups excluding tert-OH is 1. The number of methoxy groups -OCH3 is 1. The summed E-state index contributed by atoms with van der Waals surface area (Å²) in [6.07, 6.45) is 4.05. The fourth-order valence-corrected chi connectivity index (χ4v) is 3.58. The summed E-state index contributed by atoms with van der Waals surface area (Å²) in [5.74, 6) is 0.515. The largest absolute Gasteiger partial charge is 0.495 e. The number of nitrogens with one attached hydrogen (secondary N) is 1. The van der Waals surface area contributed by atoms with Crippen LogP contribution in [0.15, 0.2) is 36.8 Å². The molecule has 1 atom stereocenters. The second kappa shape index (κ2) is 9.09. The zero-order valence-electron chi connectivity index (χ0n) is 17.6. The fraction of sp³-hybridized carbons (Fsp3) is 0.261. The van der Waals surface area contributed by atoms with E-state index >= 15 is 0 Å². The molecule has 2 N–H and O–H groups in total. The van der Waals surface area contributed by atoms with E-state index in [0.717, 1.165) is 22.3 Å². The van der Waals surface area contributed by atoms with E-state index in [0.29, 0.717) is 41.5 Å². The number of hydrogen-bond donors (Lipinski definition) is 2. The molecule has 32 heavy (non-hydrogen) atoms. The molecule has 1 aliphatic rings. The van der Waals surface area contributed by atoms with Gasteiger partial charge in [-0.3, -0.25) is 4.98 Å². The van der Waals surface area contributed by atoms with E-state index in [2.05, 4.69) is 20.3 Å². The Morgan fingerprint density at radius 3 is 2.78 bits per heavy atom. The lowest BCUT2D eigenvalue weighted by Gasteiger charge is -2.16. The molecule has 0 bridgehead atoms. The number of fused-ring (bicyclic) bond motifs is 1. The number of nitrogens with zero attached hydrogens (tertiary/aromatic N) is 4. The lowest BCUT2D eigenvalue weighted by molar-refractivity contribution is 0.0535. The van der Waals surface area contributed by atoms with E-state index < -0.39 is 6.10 Å². The van der Waals surface area contributed by atoms with Gasteiger partial charge in [0.1, 0.15) is 29.7 Å². The van der Waals surface area contributed by atoms with E-state index in [-0.39, 0.29) is 12.6 Å². The Morgan fingerprint density at radius 2 is 2.06 bits per heavy atom. The van der Waals surface area contributed by atoms with Gasteiger partial charge in [0.05, 0.1) is 18.8 Å². The minimum absolute atomic E-state index is 0.248. The molecule has 1 aliphatic heterocycles. The van der Waals surface area contributed by atoms with Crippen LogP contribution < -0.4 is 10.1 Å². The molecule has 0 spiro atoms. The van der Waals surface area contributed by atoms with Gasteiger partial charge in [0, 0.05) is 48.9 Å². The molecule has 162 valence electrons. The lowest BCUT2D eigenvalue weighted by atomic mass is 9.95. The monoisotopic (exact) mass is 431 g/mol. The molecule has 9 nitrogen and oxygen atoms in total. The first-order valence-corrected chi connectivity index (χ1v) is 9.95. The summed E-state index contributed by atoms with van der Waals surface area (Å²) in [5, 5.41) is 22.9. The van der Waals surface area contributed by atoms with Crippen LogP contribution in [-0.2, 0) is 17.9 Å². The van der Waals surface area contributed by atoms with Crippen LogP contribution in [0.1, 0.15) is 44.3 Å². The van der Waals surface area contributed by atoms with Gasteiger partial charge in [-0.05, 0) is 24.1 Å². The molecule has 0 amide bonds. The zero-order chi connectivity index (χ0) is 22.7. The number of pyridine rings is 1. The van der Waals surface area contributed by atoms with Crippen molar-refractivity contribution in [2.45, 2.75) is 26.2 Å². The SMILES string of the molecule is COc1cc(-c2ncc(CNCC(O)c3ccc4c(c3C)COC4=O)cn2)ncc1C#N. The first-order valence-electron chi connectivity index (χ1n) is 9.95. The first-order chi connectivity index (χ1) is 15.5. The zero-order valence-corrected chi connectivity index (χ0v) is 17.6. The van der Waals surface area contributed by atoms with Gasteiger partial charge in [-0.1, -0.05) is 6.07 Å². The lowest BCUT2D eigenvalue weighted by Crippen LogP contribution is -2.22. The minimum atomic E-state index is -0.730. The van der Waals surface area contributed by atoms with Crippen molar-refractivity contribution in [3.8, 4) is 23.3 Å². The van der Waals surface area contributed by atoms with Gasteiger partial charge >= 0.3 is 5.97 Å². The Labute approximate surface area is 184 Å². The van der Waals surface area contributed by atoms with E-state index in [1.165, 1.54) is 13.3 Å². The van der Waals surface area contributed by atoms with Crippen molar-refractivity contribution in [1.29, 1.82) is 5.26 Å². The summed E-state index contributed by atoms with van der Waals surface area (Å²) in [6, 6.07) is 7.11. The number of benzene rings is 1. The third kappa shape index (κ3) is 4.14. The quantitative estimate of drug-likeness (QED) is 0.541. The smallest absolute Gasteiger partial charge is 0.338 e. The van der Waals surface area contributed by atoms with Gasteiger partial charge in [-0.25, -0.2) is 14.8 Å². The van der Waals surface area contributed by atoms with Crippen LogP contribution in [0.3, 0.4) is 0 Å². The summed E-state index contributed by atoms with van der Waals surface area (Å²) < 4.78 is 10.3. The Balaban J connectivity index is 1.37. The number of rotatable bonds is 7. The summed E-state index contributed by atoms with van der Waals surface area (Å²) in [4.78, 5) is 24.6. The molecule has 2 aromatic heterocycles. The highest BCUT2D eigenvalue weighted by atomic mass is 16.5. The first kappa shape index (κ1) is 21.4. The Bertz CT molecular complexity index is 1200. The fourth-order valence-electron chi connectivity index (χ4n) is 3.58. The van der Waals surface area contributed by atoms with Gasteiger partial charge < -0.3 is 19.9 Å². The molecule has 0 saturated carbocycles. The Kier molecular flexibility index (Phi) is 6.07. The summed E-state index contributed by atoms with van der Waals surface area (Å²) in [7, 11) is 1.49. The van der Waals surface area contributed by atoms with Gasteiger partial charge in [0.15, 0.2) is 5.82 Å². The second-order valence-corrected chi connectivity index (χ2v) is 7.33. The van der Waals surface area contributed by atoms with Crippen molar-refractivity contribution in [3.05, 3.63) is 70.2 Å². The maximum atomic E-state index is 11.7. The van der Waals surface area contributed by atoms with E-state index in [9.17, 15) is 9.90 Å². The van der Waals surface area contributed by atoms with E-state index in [1.807, 2.05) is 13.0 Å². The maximum Gasteiger partial charge on any atom is 0.338 e.